The number of nitrogens with zero attached hydrogens (tertiary/aromatic N) is 2. The zero-order valence-electron chi connectivity index (χ0n) is 17.9. The monoisotopic (exact) mass is 492 g/mol. The van der Waals surface area contributed by atoms with E-state index in [0.29, 0.717) is 33.2 Å². The Morgan fingerprint density at radius 3 is 2.40 bits per heavy atom. The summed E-state index contributed by atoms with van der Waals surface area (Å²) < 4.78 is 10.6. The number of non-ortho nitro benzene ring substituents is 1. The van der Waals surface area contributed by atoms with Crippen LogP contribution in [0.15, 0.2) is 77.5 Å². The molecule has 1 aliphatic heterocycles. The standard InChI is InChI=1S/C24H17ClN4O6/c25-19-12-22-21(34-14-35-22)11-17(19)13-26-28-24(31)20(27-23(30)16-4-2-1-3-5-16)10-15-6-8-18(9-7-15)29(32)33/h1-13H,14H2,(H,27,30)(H,28,31)/b20-10-,26-13+. The molecule has 0 aromatic heterocycles. The maximum atomic E-state index is 12.9. The summed E-state index contributed by atoms with van der Waals surface area (Å²) in [5.74, 6) is -0.235. The molecule has 35 heavy (non-hydrogen) atoms. The predicted molar refractivity (Wildman–Crippen MR) is 128 cm³/mol. The lowest BCUT2D eigenvalue weighted by atomic mass is 10.1. The lowest BCUT2D eigenvalue weighted by Crippen LogP contribution is -2.32. The van der Waals surface area contributed by atoms with Gasteiger partial charge < -0.3 is 14.8 Å². The molecule has 0 radical (unpaired) electrons. The summed E-state index contributed by atoms with van der Waals surface area (Å²) in [6.07, 6.45) is 2.70. The fourth-order valence-electron chi connectivity index (χ4n) is 3.05. The van der Waals surface area contributed by atoms with Crippen molar-refractivity contribution in [3.63, 3.8) is 0 Å². The van der Waals surface area contributed by atoms with Gasteiger partial charge in [0.05, 0.1) is 16.2 Å². The number of hydrogen-bond donors (Lipinski definition) is 2. The van der Waals surface area contributed by atoms with Crippen LogP contribution >= 0.6 is 11.6 Å². The Hall–Kier alpha value is -4.70. The van der Waals surface area contributed by atoms with Crippen molar-refractivity contribution in [2.24, 2.45) is 5.10 Å². The van der Waals surface area contributed by atoms with E-state index in [2.05, 4.69) is 15.8 Å². The van der Waals surface area contributed by atoms with Crippen molar-refractivity contribution in [3.05, 3.63) is 104 Å². The molecule has 0 saturated heterocycles. The van der Waals surface area contributed by atoms with Gasteiger partial charge in [-0.3, -0.25) is 19.7 Å². The lowest BCUT2D eigenvalue weighted by Gasteiger charge is -2.09. The fourth-order valence-corrected chi connectivity index (χ4v) is 3.26. The van der Waals surface area contributed by atoms with Gasteiger partial charge in [0, 0.05) is 29.3 Å². The second kappa shape index (κ2) is 10.5. The van der Waals surface area contributed by atoms with Gasteiger partial charge in [0.1, 0.15) is 5.70 Å². The van der Waals surface area contributed by atoms with Crippen molar-refractivity contribution in [3.8, 4) is 11.5 Å². The van der Waals surface area contributed by atoms with Crippen LogP contribution in [0.5, 0.6) is 11.5 Å². The average molecular weight is 493 g/mol. The Labute approximate surface area is 204 Å². The third-order valence-corrected chi connectivity index (χ3v) is 5.13. The number of ether oxygens (including phenoxy) is 2. The van der Waals surface area contributed by atoms with Crippen LogP contribution in [-0.2, 0) is 4.79 Å². The Bertz CT molecular complexity index is 1340. The minimum absolute atomic E-state index is 0.0842. The highest BCUT2D eigenvalue weighted by atomic mass is 35.5. The number of halogens is 1. The third kappa shape index (κ3) is 5.81. The van der Waals surface area contributed by atoms with Gasteiger partial charge in [0.25, 0.3) is 17.5 Å². The predicted octanol–water partition coefficient (Wildman–Crippen LogP) is 3.90. The van der Waals surface area contributed by atoms with Gasteiger partial charge >= 0.3 is 0 Å². The number of carbonyl (C=O) groups is 2. The van der Waals surface area contributed by atoms with Gasteiger partial charge in [-0.2, -0.15) is 5.10 Å². The average Bonchev–Trinajstić information content (AvgIpc) is 3.31. The number of nitro groups is 1. The van der Waals surface area contributed by atoms with Crippen LogP contribution < -0.4 is 20.2 Å². The number of nitro benzene ring substituents is 1. The quantitative estimate of drug-likeness (QED) is 0.222. The van der Waals surface area contributed by atoms with E-state index < -0.39 is 16.7 Å². The van der Waals surface area contributed by atoms with Gasteiger partial charge in [-0.05, 0) is 42.0 Å². The Morgan fingerprint density at radius 2 is 1.71 bits per heavy atom. The van der Waals surface area contributed by atoms with Crippen LogP contribution in [0.3, 0.4) is 0 Å². The second-order valence-corrected chi connectivity index (χ2v) is 7.56. The Kier molecular flexibility index (Phi) is 7.03. The first-order chi connectivity index (χ1) is 16.9. The highest BCUT2D eigenvalue weighted by Gasteiger charge is 2.17. The molecule has 0 unspecified atom stereocenters. The molecule has 1 heterocycles. The summed E-state index contributed by atoms with van der Waals surface area (Å²) >= 11 is 6.21. The van der Waals surface area contributed by atoms with Crippen LogP contribution in [0.25, 0.3) is 6.08 Å². The molecule has 0 saturated carbocycles. The maximum absolute atomic E-state index is 12.9. The van der Waals surface area contributed by atoms with Gasteiger partial charge in [0.15, 0.2) is 11.5 Å². The number of amides is 2. The summed E-state index contributed by atoms with van der Waals surface area (Å²) in [4.78, 5) is 35.9. The van der Waals surface area contributed by atoms with Crippen molar-refractivity contribution in [1.82, 2.24) is 10.7 Å². The van der Waals surface area contributed by atoms with E-state index >= 15 is 0 Å². The first-order valence-electron chi connectivity index (χ1n) is 10.2. The first-order valence-corrected chi connectivity index (χ1v) is 10.5. The van der Waals surface area contributed by atoms with Crippen molar-refractivity contribution >= 4 is 41.4 Å². The highest BCUT2D eigenvalue weighted by molar-refractivity contribution is 6.33. The van der Waals surface area contributed by atoms with Crippen LogP contribution in [0.4, 0.5) is 5.69 Å². The molecule has 0 spiro atoms. The largest absolute Gasteiger partial charge is 0.454 e. The summed E-state index contributed by atoms with van der Waals surface area (Å²) in [6.45, 7) is 0.0842. The van der Waals surface area contributed by atoms with E-state index in [9.17, 15) is 19.7 Å². The molecule has 0 aliphatic carbocycles. The van der Waals surface area contributed by atoms with E-state index in [-0.39, 0.29) is 18.2 Å². The minimum Gasteiger partial charge on any atom is -0.454 e. The second-order valence-electron chi connectivity index (χ2n) is 7.15. The number of rotatable bonds is 7. The Morgan fingerprint density at radius 1 is 1.03 bits per heavy atom. The van der Waals surface area contributed by atoms with Crippen molar-refractivity contribution in [2.75, 3.05) is 6.79 Å². The number of carbonyl (C=O) groups excluding carboxylic acids is 2. The molecule has 176 valence electrons. The van der Waals surface area contributed by atoms with Crippen molar-refractivity contribution in [1.29, 1.82) is 0 Å². The van der Waals surface area contributed by atoms with Crippen molar-refractivity contribution < 1.29 is 24.0 Å². The molecule has 3 aromatic rings. The van der Waals surface area contributed by atoms with Gasteiger partial charge in [-0.1, -0.05) is 29.8 Å². The molecule has 0 bridgehead atoms. The van der Waals surface area contributed by atoms with Gasteiger partial charge in [-0.15, -0.1) is 0 Å². The van der Waals surface area contributed by atoms with Gasteiger partial charge in [-0.25, -0.2) is 5.43 Å². The summed E-state index contributed by atoms with van der Waals surface area (Å²) in [7, 11) is 0. The molecular weight excluding hydrogens is 476 g/mol. The third-order valence-electron chi connectivity index (χ3n) is 4.81. The van der Waals surface area contributed by atoms with Gasteiger partial charge in [0.2, 0.25) is 6.79 Å². The Balaban J connectivity index is 1.55. The SMILES string of the molecule is O=C(N/N=C/c1cc2c(cc1Cl)OCO2)/C(=C/c1ccc([N+](=O)[O-])cc1)NC(=O)c1ccccc1. The van der Waals surface area contributed by atoms with Crippen LogP contribution in [0, 0.1) is 10.1 Å². The van der Waals surface area contributed by atoms with E-state index in [0.717, 1.165) is 0 Å². The summed E-state index contributed by atoms with van der Waals surface area (Å²) in [5, 5.41) is 17.7. The molecule has 3 aromatic carbocycles. The number of hydrogen-bond acceptors (Lipinski definition) is 7. The summed E-state index contributed by atoms with van der Waals surface area (Å²) in [6, 6.07) is 17.0. The normalized spacial score (nSPS) is 12.4. The van der Waals surface area contributed by atoms with Crippen LogP contribution in [0.2, 0.25) is 5.02 Å². The molecule has 11 heteroatoms. The van der Waals surface area contributed by atoms with Crippen LogP contribution in [-0.4, -0.2) is 29.7 Å². The molecule has 10 nitrogen and oxygen atoms in total. The molecule has 2 N–H and O–H groups in total. The zero-order valence-corrected chi connectivity index (χ0v) is 18.7. The maximum Gasteiger partial charge on any atom is 0.287 e. The van der Waals surface area contributed by atoms with Crippen LogP contribution in [0.1, 0.15) is 21.5 Å². The topological polar surface area (TPSA) is 132 Å². The highest BCUT2D eigenvalue weighted by Crippen LogP contribution is 2.36. The van der Waals surface area contributed by atoms with E-state index in [1.54, 1.807) is 42.5 Å². The molecule has 0 atom stereocenters. The molecular formula is C24H17ClN4O6. The molecule has 0 fully saturated rings. The lowest BCUT2D eigenvalue weighted by molar-refractivity contribution is -0.384. The zero-order chi connectivity index (χ0) is 24.8. The molecule has 4 rings (SSSR count). The number of fused-ring (bicyclic) bond motifs is 1. The number of hydrazone groups is 1. The van der Waals surface area contributed by atoms with E-state index in [1.165, 1.54) is 36.6 Å². The number of nitrogens with one attached hydrogen (secondary N) is 2. The summed E-state index contributed by atoms with van der Waals surface area (Å²) in [5.41, 5.74) is 3.38. The smallest absolute Gasteiger partial charge is 0.287 e. The minimum atomic E-state index is -0.722. The molecule has 2 amide bonds. The first kappa shape index (κ1) is 23.5. The van der Waals surface area contributed by atoms with E-state index in [1.807, 2.05) is 0 Å². The van der Waals surface area contributed by atoms with E-state index in [4.69, 9.17) is 21.1 Å². The number of benzene rings is 3. The van der Waals surface area contributed by atoms with Crippen molar-refractivity contribution in [2.45, 2.75) is 0 Å². The molecule has 1 aliphatic rings. The fraction of sp³-hybridized carbons (Fsp3) is 0.0417.